The molecule has 1 aliphatic rings. The fraction of sp³-hybridized carbons (Fsp3) is 0.190. The first-order valence-corrected chi connectivity index (χ1v) is 8.60. The van der Waals surface area contributed by atoms with E-state index in [9.17, 15) is 9.59 Å². The largest absolute Gasteiger partial charge is 0.451 e. The molecule has 0 saturated heterocycles. The quantitative estimate of drug-likeness (QED) is 0.737. The average Bonchev–Trinajstić information content (AvgIpc) is 3.08. The maximum atomic E-state index is 12.3. The minimum atomic E-state index is -0.594. The smallest absolute Gasteiger partial charge is 0.358 e. The standard InChI is InChI=1S/C21H18N2O3/c24-19(23-18-10-9-14-5-1-3-7-16(14)18)13-26-21(25)20-17-8-4-2-6-15(17)11-12-22-20/h1-8,11-12,18H,9-10,13H2,(H,23,24)/t18-/m0/s1. The lowest BCUT2D eigenvalue weighted by atomic mass is 10.1. The van der Waals surface area contributed by atoms with Gasteiger partial charge in [0.1, 0.15) is 0 Å². The van der Waals surface area contributed by atoms with Gasteiger partial charge in [0.05, 0.1) is 6.04 Å². The van der Waals surface area contributed by atoms with Gasteiger partial charge >= 0.3 is 5.97 Å². The fourth-order valence-corrected chi connectivity index (χ4v) is 3.42. The minimum Gasteiger partial charge on any atom is -0.451 e. The van der Waals surface area contributed by atoms with Crippen LogP contribution in [0.2, 0.25) is 0 Å². The van der Waals surface area contributed by atoms with E-state index in [1.54, 1.807) is 6.20 Å². The van der Waals surface area contributed by atoms with Gasteiger partial charge in [-0.1, -0.05) is 48.5 Å². The number of aromatic nitrogens is 1. The Labute approximate surface area is 151 Å². The average molecular weight is 346 g/mol. The summed E-state index contributed by atoms with van der Waals surface area (Å²) in [5.41, 5.74) is 2.62. The summed E-state index contributed by atoms with van der Waals surface area (Å²) >= 11 is 0. The molecule has 1 aromatic heterocycles. The Balaban J connectivity index is 1.39. The number of nitrogens with zero attached hydrogens (tertiary/aromatic N) is 1. The van der Waals surface area contributed by atoms with Crippen molar-refractivity contribution in [3.8, 4) is 0 Å². The van der Waals surface area contributed by atoms with E-state index >= 15 is 0 Å². The van der Waals surface area contributed by atoms with Crippen LogP contribution < -0.4 is 5.32 Å². The number of ether oxygens (including phenoxy) is 1. The second kappa shape index (κ2) is 6.96. The molecular weight excluding hydrogens is 328 g/mol. The predicted molar refractivity (Wildman–Crippen MR) is 97.7 cm³/mol. The van der Waals surface area contributed by atoms with Crippen LogP contribution in [-0.2, 0) is 16.0 Å². The number of pyridine rings is 1. The first kappa shape index (κ1) is 16.3. The number of amides is 1. The van der Waals surface area contributed by atoms with E-state index in [-0.39, 0.29) is 24.2 Å². The molecule has 26 heavy (non-hydrogen) atoms. The van der Waals surface area contributed by atoms with Crippen molar-refractivity contribution in [3.05, 3.63) is 77.6 Å². The van der Waals surface area contributed by atoms with E-state index in [0.717, 1.165) is 23.8 Å². The molecule has 130 valence electrons. The molecule has 0 radical (unpaired) electrons. The molecule has 0 unspecified atom stereocenters. The molecule has 1 heterocycles. The van der Waals surface area contributed by atoms with Crippen LogP contribution in [0.3, 0.4) is 0 Å². The second-order valence-electron chi connectivity index (χ2n) is 6.31. The minimum absolute atomic E-state index is 0.0203. The third-order valence-corrected chi connectivity index (χ3v) is 4.67. The number of benzene rings is 2. The van der Waals surface area contributed by atoms with Crippen LogP contribution in [0.15, 0.2) is 60.8 Å². The summed E-state index contributed by atoms with van der Waals surface area (Å²) in [4.78, 5) is 28.6. The van der Waals surface area contributed by atoms with Gasteiger partial charge in [0.25, 0.3) is 5.91 Å². The Hall–Kier alpha value is -3.21. The molecule has 5 heteroatoms. The summed E-state index contributed by atoms with van der Waals surface area (Å²) in [5, 5.41) is 4.56. The first-order valence-electron chi connectivity index (χ1n) is 8.60. The summed E-state index contributed by atoms with van der Waals surface area (Å²) in [6.07, 6.45) is 3.37. The van der Waals surface area contributed by atoms with Crippen LogP contribution >= 0.6 is 0 Å². The molecule has 4 rings (SSSR count). The summed E-state index contributed by atoms with van der Waals surface area (Å²) < 4.78 is 5.18. The topological polar surface area (TPSA) is 68.3 Å². The van der Waals surface area contributed by atoms with Gasteiger partial charge in [-0.15, -0.1) is 0 Å². The number of hydrogen-bond acceptors (Lipinski definition) is 4. The molecular formula is C21H18N2O3. The lowest BCUT2D eigenvalue weighted by Gasteiger charge is -2.14. The highest BCUT2D eigenvalue weighted by Crippen LogP contribution is 2.30. The van der Waals surface area contributed by atoms with Crippen molar-refractivity contribution in [1.82, 2.24) is 10.3 Å². The first-order chi connectivity index (χ1) is 12.7. The number of carbonyl (C=O) groups excluding carboxylic acids is 2. The number of fused-ring (bicyclic) bond motifs is 2. The second-order valence-corrected chi connectivity index (χ2v) is 6.31. The number of rotatable bonds is 4. The van der Waals surface area contributed by atoms with Crippen molar-refractivity contribution in [3.63, 3.8) is 0 Å². The molecule has 5 nitrogen and oxygen atoms in total. The molecule has 3 aromatic rings. The van der Waals surface area contributed by atoms with Gasteiger partial charge in [-0.05, 0) is 35.4 Å². The summed E-state index contributed by atoms with van der Waals surface area (Å²) in [6.45, 7) is -0.317. The third-order valence-electron chi connectivity index (χ3n) is 4.67. The van der Waals surface area contributed by atoms with E-state index in [4.69, 9.17) is 4.74 Å². The maximum Gasteiger partial charge on any atom is 0.358 e. The van der Waals surface area contributed by atoms with E-state index in [1.807, 2.05) is 48.5 Å². The highest BCUT2D eigenvalue weighted by molar-refractivity contribution is 6.03. The van der Waals surface area contributed by atoms with Gasteiger partial charge < -0.3 is 10.1 Å². The van der Waals surface area contributed by atoms with Crippen LogP contribution in [-0.4, -0.2) is 23.5 Å². The zero-order chi connectivity index (χ0) is 17.9. The zero-order valence-corrected chi connectivity index (χ0v) is 14.1. The van der Waals surface area contributed by atoms with E-state index in [1.165, 1.54) is 5.56 Å². The molecule has 0 spiro atoms. The molecule has 2 aromatic carbocycles. The molecule has 1 amide bonds. The molecule has 0 saturated carbocycles. The van der Waals surface area contributed by atoms with Gasteiger partial charge in [0, 0.05) is 11.6 Å². The highest BCUT2D eigenvalue weighted by Gasteiger charge is 2.24. The van der Waals surface area contributed by atoms with Gasteiger partial charge in [0.2, 0.25) is 0 Å². The number of carbonyl (C=O) groups is 2. The van der Waals surface area contributed by atoms with Crippen molar-refractivity contribution < 1.29 is 14.3 Å². The SMILES string of the molecule is O=C(COC(=O)c1nccc2ccccc12)N[C@H]1CCc2ccccc21. The Kier molecular flexibility index (Phi) is 4.35. The van der Waals surface area contributed by atoms with Crippen molar-refractivity contribution >= 4 is 22.6 Å². The lowest BCUT2D eigenvalue weighted by molar-refractivity contribution is -0.125. The van der Waals surface area contributed by atoms with E-state index < -0.39 is 5.97 Å². The molecule has 0 fully saturated rings. The number of hydrogen-bond donors (Lipinski definition) is 1. The van der Waals surface area contributed by atoms with Crippen LogP contribution in [0.5, 0.6) is 0 Å². The summed E-state index contributed by atoms with van der Waals surface area (Å²) in [6, 6.07) is 17.3. The van der Waals surface area contributed by atoms with E-state index in [0.29, 0.717) is 5.39 Å². The molecule has 0 aliphatic heterocycles. The van der Waals surface area contributed by atoms with Gasteiger partial charge in [-0.3, -0.25) is 4.79 Å². The normalized spacial score (nSPS) is 15.5. The number of esters is 1. The van der Waals surface area contributed by atoms with Gasteiger partial charge in [-0.25, -0.2) is 9.78 Å². The van der Waals surface area contributed by atoms with Gasteiger partial charge in [-0.2, -0.15) is 0 Å². The Morgan fingerprint density at radius 3 is 2.81 bits per heavy atom. The van der Waals surface area contributed by atoms with Crippen molar-refractivity contribution in [2.24, 2.45) is 0 Å². The Morgan fingerprint density at radius 1 is 1.08 bits per heavy atom. The Bertz CT molecular complexity index is 978. The maximum absolute atomic E-state index is 12.3. The summed E-state index contributed by atoms with van der Waals surface area (Å²) in [7, 11) is 0. The van der Waals surface area contributed by atoms with Crippen LogP contribution in [0.4, 0.5) is 0 Å². The Morgan fingerprint density at radius 2 is 1.88 bits per heavy atom. The monoisotopic (exact) mass is 346 g/mol. The molecule has 1 aliphatic carbocycles. The molecule has 1 atom stereocenters. The molecule has 0 bridgehead atoms. The zero-order valence-electron chi connectivity index (χ0n) is 14.1. The van der Waals surface area contributed by atoms with Crippen molar-refractivity contribution in [2.45, 2.75) is 18.9 Å². The molecule has 1 N–H and O–H groups in total. The number of nitrogens with one attached hydrogen (secondary N) is 1. The van der Waals surface area contributed by atoms with E-state index in [2.05, 4.69) is 16.4 Å². The fourth-order valence-electron chi connectivity index (χ4n) is 3.42. The third kappa shape index (κ3) is 3.16. The van der Waals surface area contributed by atoms with Crippen molar-refractivity contribution in [2.75, 3.05) is 6.61 Å². The number of aryl methyl sites for hydroxylation is 1. The van der Waals surface area contributed by atoms with Crippen LogP contribution in [0.25, 0.3) is 10.8 Å². The highest BCUT2D eigenvalue weighted by atomic mass is 16.5. The lowest BCUT2D eigenvalue weighted by Crippen LogP contribution is -2.31. The summed E-state index contributed by atoms with van der Waals surface area (Å²) in [5.74, 6) is -0.899. The van der Waals surface area contributed by atoms with Crippen LogP contribution in [0.1, 0.15) is 34.1 Å². The van der Waals surface area contributed by atoms with Gasteiger partial charge in [0.15, 0.2) is 12.3 Å². The van der Waals surface area contributed by atoms with Crippen molar-refractivity contribution in [1.29, 1.82) is 0 Å². The predicted octanol–water partition coefficient (Wildman–Crippen LogP) is 3.20. The van der Waals surface area contributed by atoms with Crippen LogP contribution in [0, 0.1) is 0 Å².